The zero-order valence-corrected chi connectivity index (χ0v) is 14.8. The number of nitrogens with one attached hydrogen (secondary N) is 2. The molecule has 0 aliphatic carbocycles. The molecule has 0 atom stereocenters. The van der Waals surface area contributed by atoms with E-state index >= 15 is 0 Å². The zero-order chi connectivity index (χ0) is 17.9. The molecule has 0 bridgehead atoms. The van der Waals surface area contributed by atoms with Crippen molar-refractivity contribution >= 4 is 44.8 Å². The van der Waals surface area contributed by atoms with E-state index in [2.05, 4.69) is 10.0 Å². The minimum atomic E-state index is -3.95. The van der Waals surface area contributed by atoms with E-state index in [4.69, 9.17) is 23.2 Å². The van der Waals surface area contributed by atoms with Gasteiger partial charge in [-0.25, -0.2) is 17.5 Å². The highest BCUT2D eigenvalue weighted by Crippen LogP contribution is 2.29. The number of carbonyl (C=O) groups is 1. The van der Waals surface area contributed by atoms with Gasteiger partial charge in [-0.3, -0.25) is 4.79 Å². The molecule has 0 fully saturated rings. The van der Waals surface area contributed by atoms with Crippen molar-refractivity contribution in [1.29, 1.82) is 0 Å². The maximum atomic E-state index is 13.2. The third-order valence-corrected chi connectivity index (χ3v) is 5.12. The summed E-state index contributed by atoms with van der Waals surface area (Å²) >= 11 is 11.8. The molecule has 9 heteroatoms. The lowest BCUT2D eigenvalue weighted by atomic mass is 10.2. The lowest BCUT2D eigenvalue weighted by Crippen LogP contribution is -2.33. The Morgan fingerprint density at radius 3 is 2.38 bits per heavy atom. The molecule has 2 N–H and O–H groups in total. The zero-order valence-electron chi connectivity index (χ0n) is 12.4. The van der Waals surface area contributed by atoms with Gasteiger partial charge in [-0.2, -0.15) is 0 Å². The molecular formula is C15H13Cl2FN2O3S. The summed E-state index contributed by atoms with van der Waals surface area (Å²) < 4.78 is 39.6. The molecule has 0 saturated heterocycles. The van der Waals surface area contributed by atoms with Crippen LogP contribution in [0.4, 0.5) is 10.1 Å². The molecule has 1 amide bonds. The molecular weight excluding hydrogens is 378 g/mol. The molecule has 24 heavy (non-hydrogen) atoms. The Morgan fingerprint density at radius 2 is 1.79 bits per heavy atom. The SMILES string of the molecule is Cc1cc(S(=O)(=O)NCC(=O)Nc2c(Cl)cccc2Cl)ccc1F. The highest BCUT2D eigenvalue weighted by molar-refractivity contribution is 7.89. The summed E-state index contributed by atoms with van der Waals surface area (Å²) in [7, 11) is -3.95. The van der Waals surface area contributed by atoms with Gasteiger partial charge in [0.05, 0.1) is 27.2 Å². The van der Waals surface area contributed by atoms with Crippen molar-refractivity contribution in [3.05, 3.63) is 57.8 Å². The Hall–Kier alpha value is -1.67. The molecule has 0 saturated carbocycles. The van der Waals surface area contributed by atoms with Crippen LogP contribution in [0.1, 0.15) is 5.56 Å². The summed E-state index contributed by atoms with van der Waals surface area (Å²) in [6.07, 6.45) is 0. The average Bonchev–Trinajstić information content (AvgIpc) is 2.52. The molecule has 0 heterocycles. The number of aryl methyl sites for hydroxylation is 1. The summed E-state index contributed by atoms with van der Waals surface area (Å²) in [5, 5.41) is 2.89. The predicted molar refractivity (Wildman–Crippen MR) is 91.4 cm³/mol. The van der Waals surface area contributed by atoms with E-state index in [1.165, 1.54) is 25.1 Å². The number of hydrogen-bond acceptors (Lipinski definition) is 3. The third kappa shape index (κ3) is 4.45. The van der Waals surface area contributed by atoms with E-state index in [1.54, 1.807) is 6.07 Å². The molecule has 2 aromatic rings. The molecule has 5 nitrogen and oxygen atoms in total. The van der Waals surface area contributed by atoms with Crippen molar-refractivity contribution < 1.29 is 17.6 Å². The second-order valence-corrected chi connectivity index (χ2v) is 7.46. The monoisotopic (exact) mass is 390 g/mol. The van der Waals surface area contributed by atoms with E-state index in [0.717, 1.165) is 12.1 Å². The van der Waals surface area contributed by atoms with Crippen LogP contribution in [0.25, 0.3) is 0 Å². The number of benzene rings is 2. The normalized spacial score (nSPS) is 11.3. The van der Waals surface area contributed by atoms with Gasteiger partial charge in [0.15, 0.2) is 0 Å². The van der Waals surface area contributed by atoms with Gasteiger partial charge in [0.2, 0.25) is 15.9 Å². The van der Waals surface area contributed by atoms with Crippen LogP contribution in [0.15, 0.2) is 41.3 Å². The fourth-order valence-electron chi connectivity index (χ4n) is 1.83. The van der Waals surface area contributed by atoms with Crippen LogP contribution in [0.3, 0.4) is 0 Å². The first-order chi connectivity index (χ1) is 11.2. The van der Waals surface area contributed by atoms with Gasteiger partial charge in [-0.15, -0.1) is 0 Å². The van der Waals surface area contributed by atoms with E-state index in [9.17, 15) is 17.6 Å². The van der Waals surface area contributed by atoms with Crippen molar-refractivity contribution in [2.75, 3.05) is 11.9 Å². The van der Waals surface area contributed by atoms with E-state index in [0.29, 0.717) is 0 Å². The minimum absolute atomic E-state index is 0.134. The fourth-order valence-corrected chi connectivity index (χ4v) is 3.39. The average molecular weight is 391 g/mol. The van der Waals surface area contributed by atoms with Crippen molar-refractivity contribution in [2.24, 2.45) is 0 Å². The van der Waals surface area contributed by atoms with Crippen LogP contribution >= 0.6 is 23.2 Å². The standard InChI is InChI=1S/C15H13Cl2FN2O3S/c1-9-7-10(5-6-13(9)18)24(22,23)19-8-14(21)20-15-11(16)3-2-4-12(15)17/h2-7,19H,8H2,1H3,(H,20,21). The van der Waals surface area contributed by atoms with Crippen LogP contribution in [-0.2, 0) is 14.8 Å². The van der Waals surface area contributed by atoms with Crippen LogP contribution in [-0.4, -0.2) is 20.9 Å². The number of sulfonamides is 1. The summed E-state index contributed by atoms with van der Waals surface area (Å²) in [4.78, 5) is 11.8. The smallest absolute Gasteiger partial charge is 0.241 e. The molecule has 0 unspecified atom stereocenters. The quantitative estimate of drug-likeness (QED) is 0.821. The van der Waals surface area contributed by atoms with Crippen LogP contribution < -0.4 is 10.0 Å². The Balaban J connectivity index is 2.06. The van der Waals surface area contributed by atoms with Gasteiger partial charge in [-0.05, 0) is 42.8 Å². The van der Waals surface area contributed by atoms with Crippen molar-refractivity contribution in [2.45, 2.75) is 11.8 Å². The molecule has 2 rings (SSSR count). The van der Waals surface area contributed by atoms with Crippen molar-refractivity contribution in [3.8, 4) is 0 Å². The van der Waals surface area contributed by atoms with E-state index < -0.39 is 28.3 Å². The van der Waals surface area contributed by atoms with E-state index in [-0.39, 0.29) is 26.2 Å². The first kappa shape index (κ1) is 18.7. The number of halogens is 3. The fraction of sp³-hybridized carbons (Fsp3) is 0.133. The lowest BCUT2D eigenvalue weighted by Gasteiger charge is -2.10. The summed E-state index contributed by atoms with van der Waals surface area (Å²) in [6, 6.07) is 8.03. The molecule has 0 aromatic heterocycles. The molecule has 128 valence electrons. The molecule has 2 aromatic carbocycles. The van der Waals surface area contributed by atoms with Crippen molar-refractivity contribution in [1.82, 2.24) is 4.72 Å². The van der Waals surface area contributed by atoms with Crippen molar-refractivity contribution in [3.63, 3.8) is 0 Å². The van der Waals surface area contributed by atoms with Crippen LogP contribution in [0.5, 0.6) is 0 Å². The second-order valence-electron chi connectivity index (χ2n) is 4.88. The van der Waals surface area contributed by atoms with Gasteiger partial charge in [-0.1, -0.05) is 29.3 Å². The van der Waals surface area contributed by atoms with Crippen LogP contribution in [0, 0.1) is 12.7 Å². The highest BCUT2D eigenvalue weighted by atomic mass is 35.5. The largest absolute Gasteiger partial charge is 0.322 e. The highest BCUT2D eigenvalue weighted by Gasteiger charge is 2.17. The number of para-hydroxylation sites is 1. The Bertz CT molecular complexity index is 868. The van der Waals surface area contributed by atoms with Gasteiger partial charge < -0.3 is 5.32 Å². The molecule has 0 aliphatic rings. The topological polar surface area (TPSA) is 75.3 Å². The van der Waals surface area contributed by atoms with Gasteiger partial charge in [0.25, 0.3) is 0 Å². The van der Waals surface area contributed by atoms with Gasteiger partial charge in [0.1, 0.15) is 5.82 Å². The number of hydrogen-bond donors (Lipinski definition) is 2. The second kappa shape index (κ2) is 7.48. The summed E-state index contributed by atoms with van der Waals surface area (Å²) in [5.74, 6) is -1.16. The molecule has 0 spiro atoms. The number of amides is 1. The molecule has 0 radical (unpaired) electrons. The van der Waals surface area contributed by atoms with E-state index in [1.807, 2.05) is 0 Å². The molecule has 0 aliphatic heterocycles. The maximum Gasteiger partial charge on any atom is 0.241 e. The number of anilines is 1. The summed E-state index contributed by atoms with van der Waals surface area (Å²) in [5.41, 5.74) is 0.382. The maximum absolute atomic E-state index is 13.2. The third-order valence-electron chi connectivity index (χ3n) is 3.09. The van der Waals surface area contributed by atoms with Gasteiger partial charge in [0, 0.05) is 0 Å². The predicted octanol–water partition coefficient (Wildman–Crippen LogP) is 3.36. The first-order valence-electron chi connectivity index (χ1n) is 6.70. The summed E-state index contributed by atoms with van der Waals surface area (Å²) in [6.45, 7) is 0.917. The Labute approximate surface area is 148 Å². The van der Waals surface area contributed by atoms with Gasteiger partial charge >= 0.3 is 0 Å². The van der Waals surface area contributed by atoms with Crippen LogP contribution in [0.2, 0.25) is 10.0 Å². The lowest BCUT2D eigenvalue weighted by molar-refractivity contribution is -0.115. The Morgan fingerprint density at radius 1 is 1.17 bits per heavy atom. The minimum Gasteiger partial charge on any atom is -0.322 e. The number of carbonyl (C=O) groups excluding carboxylic acids is 1. The Kier molecular flexibility index (Phi) is 5.82. The number of rotatable bonds is 5. The first-order valence-corrected chi connectivity index (χ1v) is 8.94.